The number of unbranched alkanes of at least 4 members (excludes halogenated alkanes) is 5. The first-order chi connectivity index (χ1) is 13.6. The van der Waals surface area contributed by atoms with Gasteiger partial charge in [0, 0.05) is 12.8 Å². The van der Waals surface area contributed by atoms with E-state index in [0.29, 0.717) is 24.3 Å². The Balaban J connectivity index is 1.74. The molecule has 0 radical (unpaired) electrons. The van der Waals surface area contributed by atoms with Crippen molar-refractivity contribution in [3.8, 4) is 23.0 Å². The summed E-state index contributed by atoms with van der Waals surface area (Å²) in [7, 11) is 0. The molecule has 0 amide bonds. The summed E-state index contributed by atoms with van der Waals surface area (Å²) in [5.41, 5.74) is 0. The first-order valence-electron chi connectivity index (χ1n) is 9.53. The third-order valence-electron chi connectivity index (χ3n) is 4.18. The van der Waals surface area contributed by atoms with Crippen molar-refractivity contribution < 1.29 is 29.3 Å². The molecule has 0 aliphatic rings. The number of rotatable bonds is 12. The molecule has 0 aromatic heterocycles. The molecule has 6 heteroatoms. The van der Waals surface area contributed by atoms with Gasteiger partial charge in [0.2, 0.25) is 0 Å². The van der Waals surface area contributed by atoms with Crippen LogP contribution in [0.4, 0.5) is 0 Å². The number of aromatic hydroxyl groups is 1. The van der Waals surface area contributed by atoms with Gasteiger partial charge in [-0.15, -0.1) is 0 Å². The Labute approximate surface area is 164 Å². The van der Waals surface area contributed by atoms with E-state index in [4.69, 9.17) is 14.6 Å². The van der Waals surface area contributed by atoms with Gasteiger partial charge in [0.1, 0.15) is 0 Å². The van der Waals surface area contributed by atoms with Crippen LogP contribution in [0.3, 0.4) is 0 Å². The number of aliphatic carboxylic acids is 1. The van der Waals surface area contributed by atoms with Crippen LogP contribution in [0.1, 0.15) is 51.4 Å². The van der Waals surface area contributed by atoms with Gasteiger partial charge in [-0.2, -0.15) is 0 Å². The molecule has 0 aliphatic carbocycles. The number of ether oxygens (including phenoxy) is 2. The van der Waals surface area contributed by atoms with Crippen LogP contribution < -0.4 is 9.47 Å². The number of phenolic OH excluding ortho intramolecular Hbond substituents is 1. The highest BCUT2D eigenvalue weighted by molar-refractivity contribution is 5.73. The average Bonchev–Trinajstić information content (AvgIpc) is 2.67. The summed E-state index contributed by atoms with van der Waals surface area (Å²) in [6.45, 7) is 0. The summed E-state index contributed by atoms with van der Waals surface area (Å²) in [6, 6.07) is 13.4. The molecule has 0 saturated heterocycles. The van der Waals surface area contributed by atoms with E-state index < -0.39 is 5.97 Å². The van der Waals surface area contributed by atoms with E-state index in [9.17, 15) is 14.7 Å². The number of esters is 1. The zero-order chi connectivity index (χ0) is 20.2. The van der Waals surface area contributed by atoms with Crippen LogP contribution in [0.15, 0.2) is 48.5 Å². The predicted octanol–water partition coefficient (Wildman–Crippen LogP) is 5.30. The maximum Gasteiger partial charge on any atom is 0.311 e. The third kappa shape index (κ3) is 7.70. The second-order valence-corrected chi connectivity index (χ2v) is 6.51. The fraction of sp³-hybridized carbons (Fsp3) is 0.364. The van der Waals surface area contributed by atoms with Crippen LogP contribution in [0, 0.1) is 0 Å². The van der Waals surface area contributed by atoms with E-state index in [-0.39, 0.29) is 23.9 Å². The maximum absolute atomic E-state index is 12.1. The van der Waals surface area contributed by atoms with Gasteiger partial charge < -0.3 is 19.7 Å². The number of benzene rings is 2. The van der Waals surface area contributed by atoms with Gasteiger partial charge in [0.25, 0.3) is 0 Å². The van der Waals surface area contributed by atoms with Gasteiger partial charge in [-0.05, 0) is 37.1 Å². The Hall–Kier alpha value is -3.02. The summed E-state index contributed by atoms with van der Waals surface area (Å²) in [4.78, 5) is 22.5. The smallest absolute Gasteiger partial charge is 0.311 e. The quantitative estimate of drug-likeness (QED) is 0.292. The van der Waals surface area contributed by atoms with Crippen molar-refractivity contribution in [1.82, 2.24) is 0 Å². The van der Waals surface area contributed by atoms with E-state index in [2.05, 4.69) is 0 Å². The van der Waals surface area contributed by atoms with Gasteiger partial charge in [-0.1, -0.05) is 49.9 Å². The van der Waals surface area contributed by atoms with Gasteiger partial charge in [-0.3, -0.25) is 9.59 Å². The maximum atomic E-state index is 12.1. The Morgan fingerprint density at radius 1 is 0.714 bits per heavy atom. The summed E-state index contributed by atoms with van der Waals surface area (Å²) in [5, 5.41) is 18.4. The Kier molecular flexibility index (Phi) is 8.85. The van der Waals surface area contributed by atoms with Crippen LogP contribution in [0.5, 0.6) is 23.0 Å². The van der Waals surface area contributed by atoms with E-state index in [1.54, 1.807) is 42.5 Å². The summed E-state index contributed by atoms with van der Waals surface area (Å²) in [6.07, 6.45) is 5.69. The molecule has 0 saturated carbocycles. The van der Waals surface area contributed by atoms with Crippen molar-refractivity contribution in [3.63, 3.8) is 0 Å². The van der Waals surface area contributed by atoms with Crippen molar-refractivity contribution in [2.45, 2.75) is 51.4 Å². The Morgan fingerprint density at radius 3 is 1.89 bits per heavy atom. The molecule has 0 aliphatic heterocycles. The third-order valence-corrected chi connectivity index (χ3v) is 4.18. The number of carboxylic acid groups (broad SMARTS) is 1. The van der Waals surface area contributed by atoms with Gasteiger partial charge in [0.15, 0.2) is 23.0 Å². The lowest BCUT2D eigenvalue weighted by atomic mass is 10.1. The van der Waals surface area contributed by atoms with E-state index in [0.717, 1.165) is 32.1 Å². The normalized spacial score (nSPS) is 10.4. The summed E-state index contributed by atoms with van der Waals surface area (Å²) in [5.74, 6) is -0.130. The summed E-state index contributed by atoms with van der Waals surface area (Å²) < 4.78 is 11.1. The van der Waals surface area contributed by atoms with E-state index in [1.807, 2.05) is 0 Å². The molecule has 2 rings (SSSR count). The number of carbonyl (C=O) groups is 2. The number of carbonyl (C=O) groups excluding carboxylic acids is 1. The lowest BCUT2D eigenvalue weighted by Gasteiger charge is -2.12. The minimum Gasteiger partial charge on any atom is -0.504 e. The highest BCUT2D eigenvalue weighted by Crippen LogP contribution is 2.35. The second-order valence-electron chi connectivity index (χ2n) is 6.51. The van der Waals surface area contributed by atoms with Crippen molar-refractivity contribution in [2.24, 2.45) is 0 Å². The first-order valence-corrected chi connectivity index (χ1v) is 9.53. The van der Waals surface area contributed by atoms with Crippen molar-refractivity contribution in [2.75, 3.05) is 0 Å². The number of para-hydroxylation sites is 4. The van der Waals surface area contributed by atoms with Crippen molar-refractivity contribution in [1.29, 1.82) is 0 Å². The minimum absolute atomic E-state index is 0.00647. The van der Waals surface area contributed by atoms with Crippen molar-refractivity contribution >= 4 is 11.9 Å². The van der Waals surface area contributed by atoms with Crippen molar-refractivity contribution in [3.05, 3.63) is 48.5 Å². The number of hydrogen-bond acceptors (Lipinski definition) is 5. The molecule has 0 heterocycles. The molecule has 28 heavy (non-hydrogen) atoms. The lowest BCUT2D eigenvalue weighted by molar-refractivity contribution is -0.137. The van der Waals surface area contributed by atoms with Gasteiger partial charge in [0.05, 0.1) is 0 Å². The molecule has 2 aromatic rings. The summed E-state index contributed by atoms with van der Waals surface area (Å²) >= 11 is 0. The molecule has 0 atom stereocenters. The molecule has 0 bridgehead atoms. The van der Waals surface area contributed by atoms with E-state index in [1.165, 1.54) is 6.07 Å². The van der Waals surface area contributed by atoms with Crippen LogP contribution in [0.25, 0.3) is 0 Å². The molecular formula is C22H26O6. The Bertz CT molecular complexity index is 771. The standard InChI is InChI=1S/C22H26O6/c23-17-11-7-8-12-18(17)27-19-13-9-10-14-20(19)28-22(26)16-6-4-2-1-3-5-15-21(24)25/h7-14,23H,1-6,15-16H2,(H,24,25). The number of hydrogen-bond donors (Lipinski definition) is 2. The van der Waals surface area contributed by atoms with Crippen LogP contribution >= 0.6 is 0 Å². The number of phenols is 1. The zero-order valence-corrected chi connectivity index (χ0v) is 15.8. The predicted molar refractivity (Wildman–Crippen MR) is 105 cm³/mol. The minimum atomic E-state index is -0.755. The molecule has 0 spiro atoms. The first kappa shape index (κ1) is 21.3. The highest BCUT2D eigenvalue weighted by atomic mass is 16.6. The number of carboxylic acids is 1. The highest BCUT2D eigenvalue weighted by Gasteiger charge is 2.12. The molecule has 6 nitrogen and oxygen atoms in total. The molecule has 2 N–H and O–H groups in total. The largest absolute Gasteiger partial charge is 0.504 e. The Morgan fingerprint density at radius 2 is 1.25 bits per heavy atom. The monoisotopic (exact) mass is 386 g/mol. The van der Waals surface area contributed by atoms with Gasteiger partial charge >= 0.3 is 11.9 Å². The fourth-order valence-electron chi connectivity index (χ4n) is 2.71. The lowest BCUT2D eigenvalue weighted by Crippen LogP contribution is -2.08. The molecule has 0 unspecified atom stereocenters. The molecule has 150 valence electrons. The topological polar surface area (TPSA) is 93.1 Å². The van der Waals surface area contributed by atoms with Crippen LogP contribution in [-0.4, -0.2) is 22.2 Å². The fourth-order valence-corrected chi connectivity index (χ4v) is 2.71. The second kappa shape index (κ2) is 11.6. The van der Waals surface area contributed by atoms with Gasteiger partial charge in [-0.25, -0.2) is 0 Å². The average molecular weight is 386 g/mol. The molecular weight excluding hydrogens is 360 g/mol. The van der Waals surface area contributed by atoms with Crippen LogP contribution in [0.2, 0.25) is 0 Å². The van der Waals surface area contributed by atoms with E-state index >= 15 is 0 Å². The zero-order valence-electron chi connectivity index (χ0n) is 15.8. The molecule has 2 aromatic carbocycles. The SMILES string of the molecule is O=C(O)CCCCCCCCC(=O)Oc1ccccc1Oc1ccccc1O. The molecule has 0 fully saturated rings. The van der Waals surface area contributed by atoms with Crippen LogP contribution in [-0.2, 0) is 9.59 Å².